The van der Waals surface area contributed by atoms with Crippen molar-refractivity contribution < 1.29 is 9.53 Å². The van der Waals surface area contributed by atoms with Crippen molar-refractivity contribution in [3.8, 4) is 11.8 Å². The van der Waals surface area contributed by atoms with Crippen molar-refractivity contribution in [3.63, 3.8) is 0 Å². The van der Waals surface area contributed by atoms with Gasteiger partial charge in [-0.05, 0) is 24.6 Å². The third-order valence-electron chi connectivity index (χ3n) is 1.83. The van der Waals surface area contributed by atoms with Crippen LogP contribution in [-0.2, 0) is 9.53 Å². The van der Waals surface area contributed by atoms with E-state index in [9.17, 15) is 4.79 Å². The summed E-state index contributed by atoms with van der Waals surface area (Å²) in [7, 11) is 1.28. The van der Waals surface area contributed by atoms with Crippen molar-refractivity contribution in [1.82, 2.24) is 0 Å². The van der Waals surface area contributed by atoms with Gasteiger partial charge in [-0.15, -0.1) is 0 Å². The fourth-order valence-corrected chi connectivity index (χ4v) is 1.27. The first kappa shape index (κ1) is 11.4. The van der Waals surface area contributed by atoms with Crippen LogP contribution in [-0.4, -0.2) is 13.1 Å². The third kappa shape index (κ3) is 2.90. The second-order valence-electron chi connectivity index (χ2n) is 2.93. The molecule has 0 heterocycles. The number of nitrogens with two attached hydrogens (primary N) is 1. The molecular weight excluding hydrogens is 214 g/mol. The predicted molar refractivity (Wildman–Crippen MR) is 59.5 cm³/mol. The van der Waals surface area contributed by atoms with Crippen LogP contribution in [0.4, 0.5) is 5.69 Å². The summed E-state index contributed by atoms with van der Waals surface area (Å²) in [6.45, 7) is 1.82. The Morgan fingerprint density at radius 3 is 2.73 bits per heavy atom. The molecule has 1 aromatic rings. The smallest absolute Gasteiger partial charge is 0.384 e. The number of anilines is 1. The summed E-state index contributed by atoms with van der Waals surface area (Å²) in [4.78, 5) is 10.8. The van der Waals surface area contributed by atoms with Gasteiger partial charge in [0, 0.05) is 11.5 Å². The number of hydrogen-bond donors (Lipinski definition) is 1. The molecule has 0 saturated heterocycles. The molecule has 0 unspecified atom stereocenters. The van der Waals surface area contributed by atoms with E-state index >= 15 is 0 Å². The second-order valence-corrected chi connectivity index (χ2v) is 3.34. The number of methoxy groups -OCH3 is 1. The van der Waals surface area contributed by atoms with Gasteiger partial charge in [0.2, 0.25) is 0 Å². The van der Waals surface area contributed by atoms with Crippen LogP contribution in [0.1, 0.15) is 11.1 Å². The lowest BCUT2D eigenvalue weighted by molar-refractivity contribution is -0.133. The topological polar surface area (TPSA) is 52.3 Å². The zero-order valence-electron chi connectivity index (χ0n) is 8.43. The molecule has 1 aromatic carbocycles. The van der Waals surface area contributed by atoms with Gasteiger partial charge in [0.15, 0.2) is 0 Å². The van der Waals surface area contributed by atoms with Gasteiger partial charge in [-0.3, -0.25) is 0 Å². The first-order valence-corrected chi connectivity index (χ1v) is 4.58. The first-order chi connectivity index (χ1) is 7.04. The first-order valence-electron chi connectivity index (χ1n) is 4.20. The molecule has 3 nitrogen and oxygen atoms in total. The number of halogens is 1. The Hall–Kier alpha value is -1.66. The zero-order chi connectivity index (χ0) is 11.4. The highest BCUT2D eigenvalue weighted by Gasteiger charge is 2.01. The number of benzene rings is 1. The van der Waals surface area contributed by atoms with Crippen LogP contribution in [0, 0.1) is 18.8 Å². The van der Waals surface area contributed by atoms with Crippen molar-refractivity contribution in [2.45, 2.75) is 6.92 Å². The summed E-state index contributed by atoms with van der Waals surface area (Å²) in [6, 6.07) is 3.37. The van der Waals surface area contributed by atoms with Crippen molar-refractivity contribution in [2.75, 3.05) is 12.8 Å². The van der Waals surface area contributed by atoms with E-state index in [1.165, 1.54) is 7.11 Å². The molecule has 15 heavy (non-hydrogen) atoms. The van der Waals surface area contributed by atoms with E-state index in [4.69, 9.17) is 17.3 Å². The van der Waals surface area contributed by atoms with E-state index in [1.54, 1.807) is 12.1 Å². The molecule has 0 spiro atoms. The summed E-state index contributed by atoms with van der Waals surface area (Å²) in [6.07, 6.45) is 0. The SMILES string of the molecule is COC(=O)C#Cc1cc(C)c(N)c(Cl)c1. The number of carbonyl (C=O) groups excluding carboxylic acids is 1. The number of aryl methyl sites for hydroxylation is 1. The van der Waals surface area contributed by atoms with Gasteiger partial charge in [0.25, 0.3) is 0 Å². The molecule has 0 aliphatic heterocycles. The quantitative estimate of drug-likeness (QED) is 0.414. The number of ether oxygens (including phenoxy) is 1. The number of rotatable bonds is 0. The summed E-state index contributed by atoms with van der Waals surface area (Å²) in [5.41, 5.74) is 7.66. The van der Waals surface area contributed by atoms with Crippen LogP contribution in [0.2, 0.25) is 5.02 Å². The van der Waals surface area contributed by atoms with Crippen LogP contribution in [0.15, 0.2) is 12.1 Å². The summed E-state index contributed by atoms with van der Waals surface area (Å²) in [5, 5.41) is 0.434. The number of nitrogen functional groups attached to an aromatic ring is 1. The minimum Gasteiger partial charge on any atom is -0.459 e. The fraction of sp³-hybridized carbons (Fsp3) is 0.182. The van der Waals surface area contributed by atoms with Crippen molar-refractivity contribution in [1.29, 1.82) is 0 Å². The van der Waals surface area contributed by atoms with E-state index in [0.29, 0.717) is 16.3 Å². The van der Waals surface area contributed by atoms with E-state index < -0.39 is 5.97 Å². The van der Waals surface area contributed by atoms with Crippen LogP contribution < -0.4 is 5.73 Å². The van der Waals surface area contributed by atoms with Crippen LogP contribution in [0.5, 0.6) is 0 Å². The molecule has 0 fully saturated rings. The molecule has 0 aliphatic rings. The Morgan fingerprint density at radius 1 is 1.53 bits per heavy atom. The minimum atomic E-state index is -0.583. The molecule has 0 aromatic heterocycles. The van der Waals surface area contributed by atoms with Gasteiger partial charge < -0.3 is 10.5 Å². The van der Waals surface area contributed by atoms with Crippen molar-refractivity contribution >= 4 is 23.3 Å². The lowest BCUT2D eigenvalue weighted by Gasteiger charge is -2.02. The van der Waals surface area contributed by atoms with E-state index in [0.717, 1.165) is 5.56 Å². The van der Waals surface area contributed by atoms with Gasteiger partial charge in [-0.2, -0.15) is 0 Å². The molecule has 2 N–H and O–H groups in total. The van der Waals surface area contributed by atoms with Gasteiger partial charge in [0.05, 0.1) is 17.8 Å². The molecule has 0 aliphatic carbocycles. The molecule has 0 radical (unpaired) electrons. The molecule has 0 bridgehead atoms. The monoisotopic (exact) mass is 223 g/mol. The zero-order valence-corrected chi connectivity index (χ0v) is 9.18. The lowest BCUT2D eigenvalue weighted by atomic mass is 10.1. The lowest BCUT2D eigenvalue weighted by Crippen LogP contribution is -1.95. The molecule has 78 valence electrons. The third-order valence-corrected chi connectivity index (χ3v) is 2.14. The Bertz CT molecular complexity index is 434. The normalized spacial score (nSPS) is 9.00. The maximum atomic E-state index is 10.8. The standard InChI is InChI=1S/C11H10ClNO2/c1-7-5-8(3-4-10(14)15-2)6-9(12)11(7)13/h5-6H,13H2,1-2H3. The molecule has 0 amide bonds. The highest BCUT2D eigenvalue weighted by molar-refractivity contribution is 6.33. The van der Waals surface area contributed by atoms with Gasteiger partial charge in [-0.25, -0.2) is 4.79 Å². The highest BCUT2D eigenvalue weighted by Crippen LogP contribution is 2.23. The van der Waals surface area contributed by atoms with Crippen molar-refractivity contribution in [3.05, 3.63) is 28.3 Å². The van der Waals surface area contributed by atoms with Crippen molar-refractivity contribution in [2.24, 2.45) is 0 Å². The minimum absolute atomic E-state index is 0.434. The average Bonchev–Trinajstić information content (AvgIpc) is 2.22. The number of carbonyl (C=O) groups is 1. The van der Waals surface area contributed by atoms with Gasteiger partial charge in [0.1, 0.15) is 0 Å². The summed E-state index contributed by atoms with van der Waals surface area (Å²) >= 11 is 5.86. The summed E-state index contributed by atoms with van der Waals surface area (Å²) < 4.78 is 4.39. The maximum Gasteiger partial charge on any atom is 0.384 e. The average molecular weight is 224 g/mol. The Labute approximate surface area is 93.2 Å². The predicted octanol–water partition coefficient (Wildman–Crippen LogP) is 1.76. The fourth-order valence-electron chi connectivity index (χ4n) is 1.00. The van der Waals surface area contributed by atoms with E-state index in [-0.39, 0.29) is 0 Å². The largest absolute Gasteiger partial charge is 0.459 e. The Balaban J connectivity index is 3.06. The highest BCUT2D eigenvalue weighted by atomic mass is 35.5. The van der Waals surface area contributed by atoms with E-state index in [1.807, 2.05) is 6.92 Å². The molecule has 0 saturated carbocycles. The van der Waals surface area contributed by atoms with Gasteiger partial charge >= 0.3 is 5.97 Å². The van der Waals surface area contributed by atoms with Crippen LogP contribution in [0.3, 0.4) is 0 Å². The van der Waals surface area contributed by atoms with Crippen LogP contribution in [0.25, 0.3) is 0 Å². The number of hydrogen-bond acceptors (Lipinski definition) is 3. The van der Waals surface area contributed by atoms with E-state index in [2.05, 4.69) is 16.6 Å². The molecular formula is C11H10ClNO2. The molecule has 0 atom stereocenters. The maximum absolute atomic E-state index is 10.8. The Kier molecular flexibility index (Phi) is 3.59. The second kappa shape index (κ2) is 4.72. The molecule has 4 heteroatoms. The van der Waals surface area contributed by atoms with Gasteiger partial charge in [-0.1, -0.05) is 17.5 Å². The Morgan fingerprint density at radius 2 is 2.20 bits per heavy atom. The van der Waals surface area contributed by atoms with Crippen LogP contribution >= 0.6 is 11.6 Å². The molecule has 1 rings (SSSR count). The summed E-state index contributed by atoms with van der Waals surface area (Å²) in [5.74, 6) is 4.37. The number of esters is 1.